The van der Waals surface area contributed by atoms with Gasteiger partial charge in [0, 0.05) is 39.0 Å². The summed E-state index contributed by atoms with van der Waals surface area (Å²) in [7, 11) is 0. The molecule has 0 spiro atoms. The first kappa shape index (κ1) is 17.2. The molecule has 4 heteroatoms. The Balaban J connectivity index is 1.60. The second-order valence-electron chi connectivity index (χ2n) is 6.90. The Morgan fingerprint density at radius 2 is 1.75 bits per heavy atom. The molecule has 2 heterocycles. The van der Waals surface area contributed by atoms with Gasteiger partial charge in [-0.1, -0.05) is 57.0 Å². The van der Waals surface area contributed by atoms with Crippen LogP contribution < -0.4 is 0 Å². The molecule has 130 valence electrons. The van der Waals surface area contributed by atoms with Gasteiger partial charge in [-0.3, -0.25) is 0 Å². The van der Waals surface area contributed by atoms with Crippen LogP contribution in [0.3, 0.4) is 0 Å². The second-order valence-corrected chi connectivity index (χ2v) is 6.90. The highest BCUT2D eigenvalue weighted by Crippen LogP contribution is 2.15. The van der Waals surface area contributed by atoms with E-state index in [4.69, 9.17) is 0 Å². The molecule has 2 aromatic rings. The number of nitrogens with zero attached hydrogens (tertiary/aromatic N) is 4. The van der Waals surface area contributed by atoms with Crippen molar-refractivity contribution in [3.63, 3.8) is 0 Å². The van der Waals surface area contributed by atoms with Crippen LogP contribution in [0.15, 0.2) is 30.3 Å². The van der Waals surface area contributed by atoms with Crippen LogP contribution in [0.1, 0.15) is 43.9 Å². The van der Waals surface area contributed by atoms with Crippen LogP contribution in [0, 0.1) is 5.92 Å². The zero-order valence-electron chi connectivity index (χ0n) is 15.1. The highest BCUT2D eigenvalue weighted by atomic mass is 15.3. The molecule has 1 aromatic carbocycles. The molecule has 0 amide bonds. The summed E-state index contributed by atoms with van der Waals surface area (Å²) in [5, 5.41) is 8.94. The van der Waals surface area contributed by atoms with Gasteiger partial charge in [0.15, 0.2) is 0 Å². The molecule has 0 radical (unpaired) electrons. The molecule has 0 aliphatic carbocycles. The van der Waals surface area contributed by atoms with Gasteiger partial charge in [-0.2, -0.15) is 0 Å². The van der Waals surface area contributed by atoms with Gasteiger partial charge in [-0.05, 0) is 17.9 Å². The first-order chi connectivity index (χ1) is 11.8. The van der Waals surface area contributed by atoms with Gasteiger partial charge in [0.25, 0.3) is 0 Å². The number of aromatic nitrogens is 3. The Morgan fingerprint density at radius 3 is 2.50 bits per heavy atom. The molecule has 4 nitrogen and oxygen atoms in total. The van der Waals surface area contributed by atoms with Crippen molar-refractivity contribution < 1.29 is 0 Å². The van der Waals surface area contributed by atoms with Crippen molar-refractivity contribution >= 4 is 0 Å². The maximum absolute atomic E-state index is 4.47. The van der Waals surface area contributed by atoms with Crippen molar-refractivity contribution in [2.75, 3.05) is 19.6 Å². The summed E-state index contributed by atoms with van der Waals surface area (Å²) in [6.45, 7) is 9.12. The van der Waals surface area contributed by atoms with Crippen LogP contribution in [0.5, 0.6) is 0 Å². The molecule has 0 saturated heterocycles. The van der Waals surface area contributed by atoms with Crippen LogP contribution in [-0.2, 0) is 25.8 Å². The molecule has 0 atom stereocenters. The van der Waals surface area contributed by atoms with E-state index in [2.05, 4.69) is 63.8 Å². The topological polar surface area (TPSA) is 34.0 Å². The van der Waals surface area contributed by atoms with E-state index >= 15 is 0 Å². The molecule has 24 heavy (non-hydrogen) atoms. The summed E-state index contributed by atoms with van der Waals surface area (Å²) in [4.78, 5) is 2.62. The largest absolute Gasteiger partial charge is 0.314 e. The molecule has 0 bridgehead atoms. The number of benzene rings is 1. The quantitative estimate of drug-likeness (QED) is 0.782. The first-order valence-corrected chi connectivity index (χ1v) is 9.47. The monoisotopic (exact) mass is 326 g/mol. The van der Waals surface area contributed by atoms with Crippen LogP contribution in [0.4, 0.5) is 0 Å². The molecule has 0 N–H and O–H groups in total. The number of hydrogen-bond acceptors (Lipinski definition) is 3. The van der Waals surface area contributed by atoms with Crippen LogP contribution in [0.25, 0.3) is 0 Å². The van der Waals surface area contributed by atoms with E-state index in [9.17, 15) is 0 Å². The minimum Gasteiger partial charge on any atom is -0.314 e. The van der Waals surface area contributed by atoms with Crippen molar-refractivity contribution in [1.82, 2.24) is 19.7 Å². The zero-order valence-corrected chi connectivity index (χ0v) is 15.1. The van der Waals surface area contributed by atoms with E-state index < -0.39 is 0 Å². The molecular weight excluding hydrogens is 296 g/mol. The smallest absolute Gasteiger partial charge is 0.134 e. The van der Waals surface area contributed by atoms with Crippen molar-refractivity contribution in [3.8, 4) is 0 Å². The van der Waals surface area contributed by atoms with Gasteiger partial charge < -0.3 is 9.47 Å². The Hall–Kier alpha value is -1.68. The Labute approximate surface area is 145 Å². The highest BCUT2D eigenvalue weighted by Gasteiger charge is 2.19. The van der Waals surface area contributed by atoms with Gasteiger partial charge in [0.05, 0.1) is 0 Å². The lowest BCUT2D eigenvalue weighted by molar-refractivity contribution is 0.227. The molecule has 0 saturated carbocycles. The number of hydrogen-bond donors (Lipinski definition) is 0. The third kappa shape index (κ3) is 4.23. The van der Waals surface area contributed by atoms with E-state index in [-0.39, 0.29) is 0 Å². The van der Waals surface area contributed by atoms with Gasteiger partial charge >= 0.3 is 0 Å². The number of aryl methyl sites for hydroxylation is 2. The minimum atomic E-state index is 0.825. The third-order valence-corrected chi connectivity index (χ3v) is 5.35. The van der Waals surface area contributed by atoms with Crippen LogP contribution in [-0.4, -0.2) is 39.3 Å². The summed E-state index contributed by atoms with van der Waals surface area (Å²) in [6, 6.07) is 10.7. The first-order valence-electron chi connectivity index (χ1n) is 9.47. The summed E-state index contributed by atoms with van der Waals surface area (Å²) in [5.41, 5.74) is 1.37. The van der Waals surface area contributed by atoms with Gasteiger partial charge in [0.1, 0.15) is 11.6 Å². The lowest BCUT2D eigenvalue weighted by Gasteiger charge is -2.24. The maximum Gasteiger partial charge on any atom is 0.134 e. The van der Waals surface area contributed by atoms with Crippen molar-refractivity contribution in [2.45, 2.75) is 52.5 Å². The predicted octanol–water partition coefficient (Wildman–Crippen LogP) is 3.36. The minimum absolute atomic E-state index is 0.825. The second kappa shape index (κ2) is 8.43. The fourth-order valence-electron chi connectivity index (χ4n) is 3.61. The Morgan fingerprint density at radius 1 is 0.958 bits per heavy atom. The average Bonchev–Trinajstić information content (AvgIpc) is 2.91. The fraction of sp³-hybridized carbons (Fsp3) is 0.600. The van der Waals surface area contributed by atoms with E-state index in [1.165, 1.54) is 30.8 Å². The summed E-state index contributed by atoms with van der Waals surface area (Å²) < 4.78 is 2.37. The normalized spacial score (nSPS) is 15.5. The van der Waals surface area contributed by atoms with Crippen LogP contribution >= 0.6 is 0 Å². The zero-order chi connectivity index (χ0) is 16.8. The van der Waals surface area contributed by atoms with Gasteiger partial charge in [-0.15, -0.1) is 10.2 Å². The number of rotatable bonds is 7. The number of fused-ring (bicyclic) bond motifs is 1. The fourth-order valence-corrected chi connectivity index (χ4v) is 3.61. The van der Waals surface area contributed by atoms with Crippen LogP contribution in [0.2, 0.25) is 0 Å². The summed E-state index contributed by atoms with van der Waals surface area (Å²) in [5.74, 6) is 3.15. The standard InChI is InChI=1S/C20H30N4/c1-3-17(4-2)16-23-13-12-20-22-21-19(24(20)15-14-23)11-10-18-8-6-5-7-9-18/h5-9,17H,3-4,10-16H2,1-2H3. The van der Waals surface area contributed by atoms with Crippen molar-refractivity contribution in [1.29, 1.82) is 0 Å². The molecular formula is C20H30N4. The molecule has 3 rings (SSSR count). The SMILES string of the molecule is CCC(CC)CN1CCc2nnc(CCc3ccccc3)n2CC1. The Kier molecular flexibility index (Phi) is 6.02. The van der Waals surface area contributed by atoms with Gasteiger partial charge in [0.2, 0.25) is 0 Å². The Bertz CT molecular complexity index is 616. The predicted molar refractivity (Wildman–Crippen MR) is 98.1 cm³/mol. The molecule has 0 fully saturated rings. The van der Waals surface area contributed by atoms with Gasteiger partial charge in [-0.25, -0.2) is 0 Å². The molecule has 1 aliphatic rings. The van der Waals surface area contributed by atoms with E-state index in [0.29, 0.717) is 0 Å². The highest BCUT2D eigenvalue weighted by molar-refractivity contribution is 5.15. The average molecular weight is 326 g/mol. The van der Waals surface area contributed by atoms with E-state index in [1.54, 1.807) is 0 Å². The van der Waals surface area contributed by atoms with E-state index in [1.807, 2.05) is 0 Å². The van der Waals surface area contributed by atoms with E-state index in [0.717, 1.165) is 50.6 Å². The lowest BCUT2D eigenvalue weighted by atomic mass is 10.0. The molecule has 1 aromatic heterocycles. The summed E-state index contributed by atoms with van der Waals surface area (Å²) in [6.07, 6.45) is 5.60. The molecule has 0 unspecified atom stereocenters. The van der Waals surface area contributed by atoms with Crippen molar-refractivity contribution in [3.05, 3.63) is 47.5 Å². The lowest BCUT2D eigenvalue weighted by Crippen LogP contribution is -2.32. The molecule has 1 aliphatic heterocycles. The third-order valence-electron chi connectivity index (χ3n) is 5.35. The van der Waals surface area contributed by atoms with Crippen molar-refractivity contribution in [2.24, 2.45) is 5.92 Å². The maximum atomic E-state index is 4.47. The summed E-state index contributed by atoms with van der Waals surface area (Å²) >= 11 is 0.